The van der Waals surface area contributed by atoms with E-state index >= 15 is 8.78 Å². The molecule has 45 heavy (non-hydrogen) atoms. The number of halogens is 2. The van der Waals surface area contributed by atoms with Gasteiger partial charge in [0.15, 0.2) is 29.1 Å². The lowest BCUT2D eigenvalue weighted by Gasteiger charge is -2.63. The summed E-state index contributed by atoms with van der Waals surface area (Å²) in [6.07, 6.45) is -1.43. The number of Topliss-reactive ketones (excluding diaryl/α,β-unsaturated/α-hetero) is 1. The van der Waals surface area contributed by atoms with Gasteiger partial charge in [0.2, 0.25) is 0 Å². The molecule has 2 aromatic rings. The first kappa shape index (κ1) is 32.1. The number of hydrogen-bond donors (Lipinski definition) is 3. The molecule has 4 fully saturated rings. The van der Waals surface area contributed by atoms with Gasteiger partial charge in [-0.2, -0.15) is 0 Å². The number of hydrogen-bond acceptors (Lipinski definition) is 8. The van der Waals surface area contributed by atoms with Crippen molar-refractivity contribution in [2.45, 2.75) is 86.3 Å². The van der Waals surface area contributed by atoms with Gasteiger partial charge in [0.05, 0.1) is 12.2 Å². The lowest BCUT2D eigenvalue weighted by Crippen LogP contribution is -2.70. The Hall–Kier alpha value is -2.89. The van der Waals surface area contributed by atoms with Crippen molar-refractivity contribution in [2.75, 3.05) is 12.3 Å². The summed E-state index contributed by atoms with van der Waals surface area (Å²) in [5, 5.41) is 21.8. The number of carbonyl (C=O) groups is 2. The van der Waals surface area contributed by atoms with Crippen LogP contribution in [0, 0.1) is 22.7 Å². The van der Waals surface area contributed by atoms with Crippen molar-refractivity contribution in [2.24, 2.45) is 22.7 Å². The van der Waals surface area contributed by atoms with E-state index in [2.05, 4.69) is 0 Å². The lowest BCUT2D eigenvalue weighted by molar-refractivity contribution is -0.235. The zero-order valence-corrected chi connectivity index (χ0v) is 25.2. The van der Waals surface area contributed by atoms with Crippen molar-refractivity contribution in [1.29, 1.82) is 0 Å². The van der Waals surface area contributed by atoms with Gasteiger partial charge in [0, 0.05) is 37.8 Å². The van der Waals surface area contributed by atoms with Crippen molar-refractivity contribution in [3.8, 4) is 0 Å². The molecule has 2 aromatic carbocycles. The van der Waals surface area contributed by atoms with E-state index in [9.17, 15) is 19.8 Å². The van der Waals surface area contributed by atoms with Gasteiger partial charge in [-0.25, -0.2) is 8.78 Å². The fourth-order valence-corrected chi connectivity index (χ4v) is 10.0. The number of ether oxygens (including phenoxy) is 2. The fraction of sp³-hybridized carbons (Fsp3) is 0.486. The summed E-state index contributed by atoms with van der Waals surface area (Å²) >= 11 is 1.54. The van der Waals surface area contributed by atoms with Crippen molar-refractivity contribution in [1.82, 2.24) is 0 Å². The molecule has 1 saturated heterocycles. The van der Waals surface area contributed by atoms with Crippen LogP contribution in [0.3, 0.4) is 0 Å². The van der Waals surface area contributed by atoms with Gasteiger partial charge in [-0.15, -0.1) is 0 Å². The van der Waals surface area contributed by atoms with Crippen LogP contribution >= 0.6 is 11.8 Å². The molecule has 0 aromatic heterocycles. The van der Waals surface area contributed by atoms with Crippen molar-refractivity contribution < 1.29 is 38.1 Å². The Bertz CT molecular complexity index is 1600. The average Bonchev–Trinajstić information content (AvgIpc) is 3.49. The number of carbonyl (C=O) groups excluding carboxylic acids is 2. The number of benzene rings is 2. The molecule has 7 nitrogen and oxygen atoms in total. The first-order valence-electron chi connectivity index (χ1n) is 14.9. The SMILES string of the molecule is C.C[C@]12C=CC(=O)C=C1[C@@H](F)C[C@H]1[C@@H]3C[C@H]4O[C@@H](c5ccc(Sc6cccc(N)c6)cc5)O[C@@]4(C(=O)CO)[C@@]3(C)C[C@H](O)[C@@]12F. The van der Waals surface area contributed by atoms with Crippen LogP contribution < -0.4 is 5.73 Å². The molecule has 10 atom stereocenters. The summed E-state index contributed by atoms with van der Waals surface area (Å²) in [5.41, 5.74) is 0.611. The number of nitrogens with two attached hydrogens (primary N) is 1. The van der Waals surface area contributed by atoms with Crippen LogP contribution in [-0.2, 0) is 19.1 Å². The molecule has 0 radical (unpaired) electrons. The monoisotopic (exact) mass is 639 g/mol. The lowest BCUT2D eigenvalue weighted by atomic mass is 9.44. The molecule has 1 aliphatic heterocycles. The summed E-state index contributed by atoms with van der Waals surface area (Å²) in [5.74, 6) is -2.61. The van der Waals surface area contributed by atoms with Gasteiger partial charge in [-0.05, 0) is 80.2 Å². The molecule has 5 aliphatic rings. The van der Waals surface area contributed by atoms with Crippen molar-refractivity contribution in [3.63, 3.8) is 0 Å². The molecular weight excluding hydrogens is 600 g/mol. The van der Waals surface area contributed by atoms with Crippen LogP contribution in [0.2, 0.25) is 0 Å². The predicted octanol–water partition coefficient (Wildman–Crippen LogP) is 5.70. The summed E-state index contributed by atoms with van der Waals surface area (Å²) in [4.78, 5) is 27.8. The predicted molar refractivity (Wildman–Crippen MR) is 166 cm³/mol. The number of nitrogen functional groups attached to an aromatic ring is 1. The first-order valence-corrected chi connectivity index (χ1v) is 15.8. The number of rotatable bonds is 5. The number of aliphatic hydroxyl groups excluding tert-OH is 2. The first-order chi connectivity index (χ1) is 20.9. The highest BCUT2D eigenvalue weighted by Gasteiger charge is 2.80. The molecule has 240 valence electrons. The molecule has 10 heteroatoms. The van der Waals surface area contributed by atoms with E-state index in [0.717, 1.165) is 15.9 Å². The maximum Gasteiger partial charge on any atom is 0.193 e. The molecule has 0 spiro atoms. The number of anilines is 1. The third-order valence-corrected chi connectivity index (χ3v) is 12.2. The Balaban J connectivity index is 0.00000357. The summed E-state index contributed by atoms with van der Waals surface area (Å²) < 4.78 is 46.3. The second kappa shape index (κ2) is 10.8. The number of fused-ring (bicyclic) bond motifs is 7. The standard InChI is InChI=1S/C34H35F2NO6S.CH4/c1-31-11-10-20(39)13-25(31)26(35)14-24-23-15-29-34(28(41)17-38,32(23,2)16-27(40)33(24,31)36)43-30(42-29)18-6-8-21(9-7-18)44-22-5-3-4-19(37)12-22;/h3-13,23-24,26-27,29-30,38,40H,14-17,37H2,1-2H3;1H4/t23-,24-,26-,27-,29+,30+,31-,32-,33-,34+;/m0./s1. The molecule has 4 aliphatic carbocycles. The van der Waals surface area contributed by atoms with Crippen molar-refractivity contribution >= 4 is 29.0 Å². The van der Waals surface area contributed by atoms with E-state index < -0.39 is 76.8 Å². The highest BCUT2D eigenvalue weighted by atomic mass is 32.2. The van der Waals surface area contributed by atoms with E-state index in [4.69, 9.17) is 15.2 Å². The molecule has 0 bridgehead atoms. The van der Waals surface area contributed by atoms with E-state index in [1.807, 2.05) is 48.5 Å². The van der Waals surface area contributed by atoms with Crippen molar-refractivity contribution in [3.05, 3.63) is 77.9 Å². The summed E-state index contributed by atoms with van der Waals surface area (Å²) in [6.45, 7) is 2.48. The average molecular weight is 640 g/mol. The highest BCUT2D eigenvalue weighted by Crippen LogP contribution is 2.72. The van der Waals surface area contributed by atoms with Gasteiger partial charge < -0.3 is 25.4 Å². The summed E-state index contributed by atoms with van der Waals surface area (Å²) in [6, 6.07) is 15.1. The zero-order chi connectivity index (χ0) is 31.2. The molecular formula is C35H39F2NO6S. The Morgan fingerprint density at radius 3 is 2.53 bits per heavy atom. The molecule has 7 rings (SSSR count). The van der Waals surface area contributed by atoms with Gasteiger partial charge in [0.25, 0.3) is 0 Å². The molecule has 4 N–H and O–H groups in total. The largest absolute Gasteiger partial charge is 0.399 e. The van der Waals surface area contributed by atoms with E-state index in [1.165, 1.54) is 30.8 Å². The Morgan fingerprint density at radius 2 is 1.84 bits per heavy atom. The Kier molecular flexibility index (Phi) is 7.72. The Labute approximate surface area is 265 Å². The Morgan fingerprint density at radius 1 is 1.11 bits per heavy atom. The third-order valence-electron chi connectivity index (χ3n) is 11.2. The smallest absolute Gasteiger partial charge is 0.193 e. The van der Waals surface area contributed by atoms with Crippen LogP contribution in [0.15, 0.2) is 82.1 Å². The molecule has 0 unspecified atom stereocenters. The van der Waals surface area contributed by atoms with Crippen LogP contribution in [0.5, 0.6) is 0 Å². The maximum absolute atomic E-state index is 17.5. The van der Waals surface area contributed by atoms with Crippen LogP contribution in [-0.4, -0.2) is 58.0 Å². The van der Waals surface area contributed by atoms with Gasteiger partial charge in [0.1, 0.15) is 12.8 Å². The quantitative estimate of drug-likeness (QED) is 0.357. The molecule has 0 amide bonds. The minimum atomic E-state index is -2.29. The van der Waals surface area contributed by atoms with E-state index in [0.29, 0.717) is 11.3 Å². The topological polar surface area (TPSA) is 119 Å². The normalized spacial score (nSPS) is 41.3. The van der Waals surface area contributed by atoms with Gasteiger partial charge in [-0.1, -0.05) is 50.4 Å². The van der Waals surface area contributed by atoms with Gasteiger partial charge >= 0.3 is 0 Å². The van der Waals surface area contributed by atoms with Crippen LogP contribution in [0.25, 0.3) is 0 Å². The van der Waals surface area contributed by atoms with Crippen LogP contribution in [0.1, 0.15) is 52.4 Å². The number of aliphatic hydroxyl groups is 2. The molecule has 3 saturated carbocycles. The minimum absolute atomic E-state index is 0. The van der Waals surface area contributed by atoms with Gasteiger partial charge in [-0.3, -0.25) is 9.59 Å². The third kappa shape index (κ3) is 4.29. The highest BCUT2D eigenvalue weighted by molar-refractivity contribution is 7.99. The number of alkyl halides is 2. The van der Waals surface area contributed by atoms with Crippen LogP contribution in [0.4, 0.5) is 14.5 Å². The zero-order valence-electron chi connectivity index (χ0n) is 24.4. The minimum Gasteiger partial charge on any atom is -0.399 e. The number of allylic oxidation sites excluding steroid dienone is 4. The maximum atomic E-state index is 17.5. The molecule has 1 heterocycles. The van der Waals surface area contributed by atoms with E-state index in [1.54, 1.807) is 6.92 Å². The summed E-state index contributed by atoms with van der Waals surface area (Å²) in [7, 11) is 0. The second-order valence-corrected chi connectivity index (χ2v) is 14.4. The fourth-order valence-electron chi connectivity index (χ4n) is 9.12. The number of ketones is 2. The second-order valence-electron chi connectivity index (χ2n) is 13.2. The van der Waals surface area contributed by atoms with E-state index in [-0.39, 0.29) is 32.3 Å².